The summed E-state index contributed by atoms with van der Waals surface area (Å²) in [5.74, 6) is 0.0499. The van der Waals surface area contributed by atoms with Crippen molar-refractivity contribution in [2.75, 3.05) is 18.4 Å². The van der Waals surface area contributed by atoms with Crippen LogP contribution < -0.4 is 5.32 Å². The molecule has 1 aliphatic heterocycles. The Balaban J connectivity index is 1.67. The lowest BCUT2D eigenvalue weighted by Crippen LogP contribution is -2.47. The predicted octanol–water partition coefficient (Wildman–Crippen LogP) is 3.41. The van der Waals surface area contributed by atoms with Crippen molar-refractivity contribution in [3.8, 4) is 10.6 Å². The molecule has 6 heteroatoms. The Hall–Kier alpha value is -1.79. The van der Waals surface area contributed by atoms with E-state index in [1.54, 1.807) is 0 Å². The normalized spacial score (nSPS) is 18.7. The first-order chi connectivity index (χ1) is 11.3. The highest BCUT2D eigenvalue weighted by Crippen LogP contribution is 2.27. The summed E-state index contributed by atoms with van der Waals surface area (Å²) in [6.45, 7) is 4.14. The summed E-state index contributed by atoms with van der Waals surface area (Å²) >= 11 is 1.42. The molecule has 1 saturated heterocycles. The monoisotopic (exact) mass is 330 g/mol. The van der Waals surface area contributed by atoms with E-state index in [0.29, 0.717) is 5.13 Å². The number of carbonyl (C=O) groups is 1. The van der Waals surface area contributed by atoms with Crippen LogP contribution in [0.3, 0.4) is 0 Å². The first kappa shape index (κ1) is 16.1. The molecule has 1 N–H and O–H groups in total. The minimum atomic E-state index is -0.0345. The lowest BCUT2D eigenvalue weighted by molar-refractivity contribution is -0.122. The van der Waals surface area contributed by atoms with Crippen LogP contribution in [0, 0.1) is 0 Å². The maximum Gasteiger partial charge on any atom is 0.243 e. The average Bonchev–Trinajstić information content (AvgIpc) is 3.05. The number of anilines is 1. The molecule has 1 fully saturated rings. The van der Waals surface area contributed by atoms with E-state index in [0.717, 1.165) is 42.9 Å². The number of nitrogens with zero attached hydrogens (tertiary/aromatic N) is 3. The topological polar surface area (TPSA) is 58.1 Å². The predicted molar refractivity (Wildman–Crippen MR) is 93.5 cm³/mol. The van der Waals surface area contributed by atoms with Crippen molar-refractivity contribution < 1.29 is 4.79 Å². The molecule has 0 bridgehead atoms. The van der Waals surface area contributed by atoms with Crippen LogP contribution in [0.25, 0.3) is 10.6 Å². The van der Waals surface area contributed by atoms with E-state index in [2.05, 4.69) is 27.3 Å². The second-order valence-electron chi connectivity index (χ2n) is 5.82. The van der Waals surface area contributed by atoms with Gasteiger partial charge in [-0.1, -0.05) is 55.0 Å². The highest BCUT2D eigenvalue weighted by Gasteiger charge is 2.28. The summed E-state index contributed by atoms with van der Waals surface area (Å²) in [6, 6.07) is 9.87. The average molecular weight is 330 g/mol. The largest absolute Gasteiger partial charge is 0.299 e. The Labute approximate surface area is 140 Å². The molecule has 1 amide bonds. The first-order valence-corrected chi connectivity index (χ1v) is 9.03. The molecule has 5 nitrogen and oxygen atoms in total. The molecule has 0 saturated carbocycles. The molecule has 2 aromatic rings. The quantitative estimate of drug-likeness (QED) is 0.913. The third kappa shape index (κ3) is 3.95. The molecule has 0 aliphatic carbocycles. The van der Waals surface area contributed by atoms with Crippen molar-refractivity contribution in [2.45, 2.75) is 38.6 Å². The molecular formula is C17H22N4OS. The van der Waals surface area contributed by atoms with Gasteiger partial charge < -0.3 is 0 Å². The Morgan fingerprint density at radius 2 is 2.13 bits per heavy atom. The highest BCUT2D eigenvalue weighted by molar-refractivity contribution is 7.18. The van der Waals surface area contributed by atoms with E-state index < -0.39 is 0 Å². The van der Waals surface area contributed by atoms with Crippen LogP contribution in [-0.2, 0) is 4.79 Å². The van der Waals surface area contributed by atoms with Crippen molar-refractivity contribution in [3.63, 3.8) is 0 Å². The Morgan fingerprint density at radius 3 is 2.91 bits per heavy atom. The van der Waals surface area contributed by atoms with Crippen molar-refractivity contribution >= 4 is 22.4 Å². The molecular weight excluding hydrogens is 308 g/mol. The van der Waals surface area contributed by atoms with Gasteiger partial charge in [-0.05, 0) is 32.4 Å². The summed E-state index contributed by atoms with van der Waals surface area (Å²) in [6.07, 6.45) is 4.29. The van der Waals surface area contributed by atoms with Gasteiger partial charge in [-0.25, -0.2) is 0 Å². The lowest BCUT2D eigenvalue weighted by atomic mass is 10.0. The molecule has 2 heterocycles. The minimum Gasteiger partial charge on any atom is -0.299 e. The maximum absolute atomic E-state index is 12.6. The smallest absolute Gasteiger partial charge is 0.243 e. The molecule has 1 aromatic heterocycles. The molecule has 23 heavy (non-hydrogen) atoms. The number of likely N-dealkylation sites (tertiary alicyclic amines) is 1. The van der Waals surface area contributed by atoms with Crippen molar-refractivity contribution in [2.24, 2.45) is 0 Å². The molecule has 1 aliphatic rings. The highest BCUT2D eigenvalue weighted by atomic mass is 32.1. The van der Waals surface area contributed by atoms with E-state index in [1.807, 2.05) is 30.3 Å². The Bertz CT molecular complexity index is 641. The summed E-state index contributed by atoms with van der Waals surface area (Å²) in [5.41, 5.74) is 1.02. The van der Waals surface area contributed by atoms with Crippen LogP contribution in [0.1, 0.15) is 32.6 Å². The zero-order chi connectivity index (χ0) is 16.1. The van der Waals surface area contributed by atoms with Gasteiger partial charge in [0.25, 0.3) is 0 Å². The fraction of sp³-hybridized carbons (Fsp3) is 0.471. The van der Waals surface area contributed by atoms with E-state index >= 15 is 0 Å². The van der Waals surface area contributed by atoms with E-state index in [4.69, 9.17) is 0 Å². The fourth-order valence-electron chi connectivity index (χ4n) is 3.00. The summed E-state index contributed by atoms with van der Waals surface area (Å²) in [5, 5.41) is 12.7. The van der Waals surface area contributed by atoms with Gasteiger partial charge in [0.1, 0.15) is 5.01 Å². The van der Waals surface area contributed by atoms with Crippen molar-refractivity contribution in [1.82, 2.24) is 15.1 Å². The van der Waals surface area contributed by atoms with E-state index in [1.165, 1.54) is 17.8 Å². The third-order valence-corrected chi connectivity index (χ3v) is 4.99. The van der Waals surface area contributed by atoms with Gasteiger partial charge in [-0.15, -0.1) is 10.2 Å². The molecule has 0 radical (unpaired) electrons. The van der Waals surface area contributed by atoms with Gasteiger partial charge in [0, 0.05) is 5.56 Å². The number of benzene rings is 1. The molecule has 1 aromatic carbocycles. The van der Waals surface area contributed by atoms with E-state index in [-0.39, 0.29) is 11.9 Å². The molecule has 1 unspecified atom stereocenters. The number of carbonyl (C=O) groups excluding carboxylic acids is 1. The zero-order valence-electron chi connectivity index (χ0n) is 13.4. The van der Waals surface area contributed by atoms with Gasteiger partial charge in [0.05, 0.1) is 6.04 Å². The van der Waals surface area contributed by atoms with E-state index in [9.17, 15) is 4.79 Å². The molecule has 122 valence electrons. The zero-order valence-corrected chi connectivity index (χ0v) is 14.2. The van der Waals surface area contributed by atoms with Crippen molar-refractivity contribution in [3.05, 3.63) is 30.3 Å². The Kier molecular flexibility index (Phi) is 5.35. The van der Waals surface area contributed by atoms with Crippen molar-refractivity contribution in [1.29, 1.82) is 0 Å². The summed E-state index contributed by atoms with van der Waals surface area (Å²) in [7, 11) is 0. The third-order valence-electron chi connectivity index (χ3n) is 4.10. The van der Waals surface area contributed by atoms with Gasteiger partial charge in [-0.3, -0.25) is 15.0 Å². The molecule has 0 spiro atoms. The van der Waals surface area contributed by atoms with Crippen LogP contribution in [-0.4, -0.2) is 40.1 Å². The number of nitrogens with one attached hydrogen (secondary N) is 1. The number of hydrogen-bond donors (Lipinski definition) is 1. The van der Waals surface area contributed by atoms with Gasteiger partial charge >= 0.3 is 0 Å². The second kappa shape index (κ2) is 7.66. The number of aromatic nitrogens is 2. The lowest BCUT2D eigenvalue weighted by Gasteiger charge is -2.34. The second-order valence-corrected chi connectivity index (χ2v) is 6.79. The van der Waals surface area contributed by atoms with Gasteiger partial charge in [0.15, 0.2) is 0 Å². The Morgan fingerprint density at radius 1 is 1.30 bits per heavy atom. The maximum atomic E-state index is 12.6. The van der Waals surface area contributed by atoms with Crippen LogP contribution in [0.5, 0.6) is 0 Å². The number of hydrogen-bond acceptors (Lipinski definition) is 5. The standard InChI is InChI=1S/C17H22N4OS/c1-2-11-21-12-7-6-10-14(21)15(22)18-17-20-19-16(23-17)13-8-4-3-5-9-13/h3-5,8-9,14H,2,6-7,10-12H2,1H3,(H,18,20,22). The minimum absolute atomic E-state index is 0.0345. The number of amides is 1. The molecule has 1 atom stereocenters. The summed E-state index contributed by atoms with van der Waals surface area (Å²) < 4.78 is 0. The van der Waals surface area contributed by atoms with Crippen LogP contribution >= 0.6 is 11.3 Å². The van der Waals surface area contributed by atoms with Crippen LogP contribution in [0.2, 0.25) is 0 Å². The first-order valence-electron chi connectivity index (χ1n) is 8.21. The number of piperidine rings is 1. The van der Waals surface area contributed by atoms with Gasteiger partial charge in [0.2, 0.25) is 11.0 Å². The summed E-state index contributed by atoms with van der Waals surface area (Å²) in [4.78, 5) is 14.9. The number of rotatable bonds is 5. The van der Waals surface area contributed by atoms with Crippen LogP contribution in [0.15, 0.2) is 30.3 Å². The SMILES string of the molecule is CCCN1CCCCC1C(=O)Nc1nnc(-c2ccccc2)s1. The van der Waals surface area contributed by atoms with Gasteiger partial charge in [-0.2, -0.15) is 0 Å². The van der Waals surface area contributed by atoms with Crippen LogP contribution in [0.4, 0.5) is 5.13 Å². The fourth-order valence-corrected chi connectivity index (χ4v) is 3.75. The molecule has 3 rings (SSSR count).